The molecule has 130 valence electrons. The molecular weight excluding hydrogens is 320 g/mol. The molecule has 0 aliphatic heterocycles. The Labute approximate surface area is 152 Å². The fourth-order valence-corrected chi connectivity index (χ4v) is 3.96. The summed E-state index contributed by atoms with van der Waals surface area (Å²) in [5.74, 6) is 0.966. The van der Waals surface area contributed by atoms with E-state index in [1.807, 2.05) is 28.9 Å². The van der Waals surface area contributed by atoms with Crippen LogP contribution in [0.2, 0.25) is 0 Å². The summed E-state index contributed by atoms with van der Waals surface area (Å²) in [6.45, 7) is 0. The van der Waals surface area contributed by atoms with Gasteiger partial charge in [0, 0.05) is 17.6 Å². The number of benzene rings is 2. The number of hydrogen-bond acceptors (Lipinski definition) is 3. The molecule has 4 aromatic rings. The largest absolute Gasteiger partial charge is 0.367 e. The Morgan fingerprint density at radius 2 is 1.62 bits per heavy atom. The van der Waals surface area contributed by atoms with Crippen molar-refractivity contribution >= 4 is 27.6 Å². The highest BCUT2D eigenvalue weighted by Gasteiger charge is 2.18. The molecule has 1 N–H and O–H groups in total. The van der Waals surface area contributed by atoms with Crippen molar-refractivity contribution < 1.29 is 0 Å². The Hall–Kier alpha value is -2.88. The SMILES string of the molecule is c1ccc(-n2cc3c(NC4CCCCC4)nc4ccccc4c3n2)cc1. The number of nitrogens with zero attached hydrogens (tertiary/aromatic N) is 3. The van der Waals surface area contributed by atoms with E-state index in [0.29, 0.717) is 6.04 Å². The zero-order valence-electron chi connectivity index (χ0n) is 14.7. The molecule has 2 heterocycles. The zero-order chi connectivity index (χ0) is 17.3. The first-order valence-electron chi connectivity index (χ1n) is 9.48. The van der Waals surface area contributed by atoms with Crippen molar-refractivity contribution in [1.82, 2.24) is 14.8 Å². The second-order valence-corrected chi connectivity index (χ2v) is 7.13. The van der Waals surface area contributed by atoms with E-state index < -0.39 is 0 Å². The summed E-state index contributed by atoms with van der Waals surface area (Å²) in [7, 11) is 0. The third-order valence-corrected chi connectivity index (χ3v) is 5.33. The number of pyridine rings is 1. The van der Waals surface area contributed by atoms with Crippen molar-refractivity contribution in [3.8, 4) is 5.69 Å². The maximum Gasteiger partial charge on any atom is 0.138 e. The van der Waals surface area contributed by atoms with Crippen LogP contribution in [0, 0.1) is 0 Å². The van der Waals surface area contributed by atoms with Gasteiger partial charge in [-0.3, -0.25) is 0 Å². The van der Waals surface area contributed by atoms with Crippen LogP contribution < -0.4 is 5.32 Å². The van der Waals surface area contributed by atoms with E-state index in [9.17, 15) is 0 Å². The van der Waals surface area contributed by atoms with Crippen LogP contribution >= 0.6 is 0 Å². The van der Waals surface area contributed by atoms with Crippen LogP contribution in [-0.2, 0) is 0 Å². The van der Waals surface area contributed by atoms with Gasteiger partial charge in [0.1, 0.15) is 11.3 Å². The molecule has 0 saturated heterocycles. The Morgan fingerprint density at radius 3 is 2.46 bits per heavy atom. The monoisotopic (exact) mass is 342 g/mol. The number of nitrogens with one attached hydrogen (secondary N) is 1. The molecular formula is C22H22N4. The zero-order valence-corrected chi connectivity index (χ0v) is 14.7. The molecule has 26 heavy (non-hydrogen) atoms. The minimum Gasteiger partial charge on any atom is -0.367 e. The molecule has 0 amide bonds. The number of hydrogen-bond donors (Lipinski definition) is 1. The van der Waals surface area contributed by atoms with E-state index in [1.165, 1.54) is 32.1 Å². The highest BCUT2D eigenvalue weighted by atomic mass is 15.3. The van der Waals surface area contributed by atoms with Crippen molar-refractivity contribution in [3.63, 3.8) is 0 Å². The number of rotatable bonds is 3. The van der Waals surface area contributed by atoms with Gasteiger partial charge in [0.25, 0.3) is 0 Å². The minimum absolute atomic E-state index is 0.515. The molecule has 0 unspecified atom stereocenters. The van der Waals surface area contributed by atoms with Gasteiger partial charge < -0.3 is 5.32 Å². The van der Waals surface area contributed by atoms with Crippen molar-refractivity contribution in [1.29, 1.82) is 0 Å². The van der Waals surface area contributed by atoms with Crippen LogP contribution in [0.1, 0.15) is 32.1 Å². The average Bonchev–Trinajstić information content (AvgIpc) is 3.16. The van der Waals surface area contributed by atoms with E-state index in [2.05, 4.69) is 41.8 Å². The van der Waals surface area contributed by atoms with E-state index in [0.717, 1.165) is 33.3 Å². The van der Waals surface area contributed by atoms with E-state index in [4.69, 9.17) is 10.1 Å². The molecule has 0 radical (unpaired) electrons. The first kappa shape index (κ1) is 15.4. The quantitative estimate of drug-likeness (QED) is 0.548. The fourth-order valence-electron chi connectivity index (χ4n) is 3.96. The molecule has 2 aromatic heterocycles. The van der Waals surface area contributed by atoms with Crippen LogP contribution in [0.25, 0.3) is 27.5 Å². The van der Waals surface area contributed by atoms with Gasteiger partial charge in [0.2, 0.25) is 0 Å². The summed E-state index contributed by atoms with van der Waals surface area (Å²) in [5, 5.41) is 10.8. The third kappa shape index (κ3) is 2.71. The molecule has 5 rings (SSSR count). The Bertz CT molecular complexity index is 1050. The molecule has 2 aromatic carbocycles. The summed E-state index contributed by atoms with van der Waals surface area (Å²) in [6, 6.07) is 19.1. The predicted molar refractivity (Wildman–Crippen MR) is 107 cm³/mol. The minimum atomic E-state index is 0.515. The van der Waals surface area contributed by atoms with Gasteiger partial charge in [-0.05, 0) is 31.0 Å². The van der Waals surface area contributed by atoms with Crippen LogP contribution in [0.5, 0.6) is 0 Å². The third-order valence-electron chi connectivity index (χ3n) is 5.33. The van der Waals surface area contributed by atoms with E-state index in [-0.39, 0.29) is 0 Å². The first-order chi connectivity index (χ1) is 12.9. The summed E-state index contributed by atoms with van der Waals surface area (Å²) in [4.78, 5) is 4.94. The van der Waals surface area contributed by atoms with Crippen LogP contribution in [-0.4, -0.2) is 20.8 Å². The second-order valence-electron chi connectivity index (χ2n) is 7.13. The van der Waals surface area contributed by atoms with Gasteiger partial charge in [-0.15, -0.1) is 0 Å². The van der Waals surface area contributed by atoms with Crippen LogP contribution in [0.4, 0.5) is 5.82 Å². The maximum absolute atomic E-state index is 4.94. The molecule has 1 fully saturated rings. The van der Waals surface area contributed by atoms with Crippen LogP contribution in [0.15, 0.2) is 60.8 Å². The highest BCUT2D eigenvalue weighted by molar-refractivity contribution is 6.07. The topological polar surface area (TPSA) is 42.7 Å². The number of anilines is 1. The summed E-state index contributed by atoms with van der Waals surface area (Å²) in [5.41, 5.74) is 3.07. The molecule has 4 heteroatoms. The smallest absolute Gasteiger partial charge is 0.138 e. The Kier molecular flexibility index (Phi) is 3.81. The Morgan fingerprint density at radius 1 is 0.846 bits per heavy atom. The van der Waals surface area contributed by atoms with Gasteiger partial charge in [-0.2, -0.15) is 5.10 Å². The van der Waals surface area contributed by atoms with Crippen molar-refractivity contribution in [3.05, 3.63) is 60.8 Å². The fraction of sp³-hybridized carbons (Fsp3) is 0.273. The van der Waals surface area contributed by atoms with E-state index in [1.54, 1.807) is 0 Å². The number of fused-ring (bicyclic) bond motifs is 3. The number of aromatic nitrogens is 3. The molecule has 4 nitrogen and oxygen atoms in total. The standard InChI is InChI=1S/C22H22N4/c1-3-9-16(10-4-1)23-22-19-15-26(17-11-5-2-6-12-17)25-21(19)18-13-7-8-14-20(18)24-22/h2,5-8,11-16H,1,3-4,9-10H2,(H,23,24). The lowest BCUT2D eigenvalue weighted by atomic mass is 9.95. The molecule has 1 aliphatic rings. The van der Waals surface area contributed by atoms with Gasteiger partial charge >= 0.3 is 0 Å². The van der Waals surface area contributed by atoms with Gasteiger partial charge in [-0.25, -0.2) is 9.67 Å². The summed E-state index contributed by atoms with van der Waals surface area (Å²) >= 11 is 0. The normalized spacial score (nSPS) is 15.5. The lowest BCUT2D eigenvalue weighted by molar-refractivity contribution is 0.462. The maximum atomic E-state index is 4.94. The lowest BCUT2D eigenvalue weighted by Crippen LogP contribution is -2.22. The van der Waals surface area contributed by atoms with Gasteiger partial charge in [0.05, 0.1) is 16.6 Å². The number of para-hydroxylation sites is 2. The molecule has 0 spiro atoms. The van der Waals surface area contributed by atoms with E-state index >= 15 is 0 Å². The van der Waals surface area contributed by atoms with Crippen molar-refractivity contribution in [2.24, 2.45) is 0 Å². The average molecular weight is 342 g/mol. The summed E-state index contributed by atoms with van der Waals surface area (Å²) in [6.07, 6.45) is 8.51. The molecule has 1 aliphatic carbocycles. The summed E-state index contributed by atoms with van der Waals surface area (Å²) < 4.78 is 1.96. The lowest BCUT2D eigenvalue weighted by Gasteiger charge is -2.23. The van der Waals surface area contributed by atoms with Crippen molar-refractivity contribution in [2.45, 2.75) is 38.1 Å². The van der Waals surface area contributed by atoms with Crippen LogP contribution in [0.3, 0.4) is 0 Å². The van der Waals surface area contributed by atoms with Crippen molar-refractivity contribution in [2.75, 3.05) is 5.32 Å². The first-order valence-corrected chi connectivity index (χ1v) is 9.48. The van der Waals surface area contributed by atoms with Gasteiger partial charge in [-0.1, -0.05) is 55.7 Å². The molecule has 0 bridgehead atoms. The Balaban J connectivity index is 1.68. The highest BCUT2D eigenvalue weighted by Crippen LogP contribution is 2.31. The second kappa shape index (κ2) is 6.45. The van der Waals surface area contributed by atoms with Gasteiger partial charge in [0.15, 0.2) is 0 Å². The molecule has 1 saturated carbocycles. The molecule has 0 atom stereocenters. The predicted octanol–water partition coefficient (Wildman–Crippen LogP) is 5.32.